The summed E-state index contributed by atoms with van der Waals surface area (Å²) in [5.41, 5.74) is 5.06. The number of nitrogens with one attached hydrogen (secondary N) is 1. The molecule has 2 fully saturated rings. The molecule has 3 atom stereocenters. The van der Waals surface area contributed by atoms with Crippen molar-refractivity contribution in [1.82, 2.24) is 5.43 Å². The summed E-state index contributed by atoms with van der Waals surface area (Å²) in [6, 6.07) is 8.32. The van der Waals surface area contributed by atoms with E-state index in [1.54, 1.807) is 6.21 Å². The second-order valence-corrected chi connectivity index (χ2v) is 6.69. The van der Waals surface area contributed by atoms with E-state index >= 15 is 0 Å². The number of hydrogen-bond acceptors (Lipinski definition) is 2. The van der Waals surface area contributed by atoms with Crippen LogP contribution in [0.1, 0.15) is 56.6 Å². The second-order valence-electron chi connectivity index (χ2n) is 6.69. The van der Waals surface area contributed by atoms with Gasteiger partial charge in [0.15, 0.2) is 0 Å². The molecule has 1 aromatic rings. The maximum Gasteiger partial charge on any atom is 0.243 e. The molecular weight excluding hydrogens is 260 g/mol. The highest BCUT2D eigenvalue weighted by atomic mass is 16.2. The molecule has 1 aromatic carbocycles. The first-order valence-corrected chi connectivity index (χ1v) is 8.09. The van der Waals surface area contributed by atoms with E-state index in [9.17, 15) is 4.79 Å². The topological polar surface area (TPSA) is 41.5 Å². The van der Waals surface area contributed by atoms with Gasteiger partial charge in [-0.15, -0.1) is 0 Å². The van der Waals surface area contributed by atoms with Crippen LogP contribution >= 0.6 is 0 Å². The Morgan fingerprint density at radius 3 is 2.38 bits per heavy atom. The first-order chi connectivity index (χ1) is 10.2. The van der Waals surface area contributed by atoms with Gasteiger partial charge in [-0.25, -0.2) is 5.43 Å². The molecule has 2 aliphatic carbocycles. The van der Waals surface area contributed by atoms with Gasteiger partial charge in [-0.2, -0.15) is 5.10 Å². The first kappa shape index (κ1) is 14.3. The Bertz CT molecular complexity index is 521. The number of fused-ring (bicyclic) bond motifs is 1. The number of carbonyl (C=O) groups excluding carboxylic acids is 1. The van der Waals surface area contributed by atoms with Crippen molar-refractivity contribution in [1.29, 1.82) is 0 Å². The van der Waals surface area contributed by atoms with E-state index in [1.165, 1.54) is 31.2 Å². The summed E-state index contributed by atoms with van der Waals surface area (Å²) >= 11 is 0. The highest BCUT2D eigenvalue weighted by Crippen LogP contribution is 2.55. The number of hydrogen-bond donors (Lipinski definition) is 1. The fourth-order valence-electron chi connectivity index (χ4n) is 3.59. The highest BCUT2D eigenvalue weighted by molar-refractivity contribution is 5.85. The third kappa shape index (κ3) is 3.17. The SMILES string of the molecule is CC(C)c1ccc(/C=N\NC(=O)C2[C@H]3CCCC[C@@H]23)cc1. The number of amides is 1. The smallest absolute Gasteiger partial charge is 0.243 e. The highest BCUT2D eigenvalue weighted by Gasteiger charge is 2.54. The average molecular weight is 284 g/mol. The van der Waals surface area contributed by atoms with Gasteiger partial charge in [0.05, 0.1) is 6.21 Å². The monoisotopic (exact) mass is 284 g/mol. The van der Waals surface area contributed by atoms with Crippen LogP contribution in [0.25, 0.3) is 0 Å². The Morgan fingerprint density at radius 2 is 1.81 bits per heavy atom. The second kappa shape index (κ2) is 6.00. The van der Waals surface area contributed by atoms with Gasteiger partial charge in [0, 0.05) is 5.92 Å². The van der Waals surface area contributed by atoms with E-state index in [0.29, 0.717) is 17.8 Å². The van der Waals surface area contributed by atoms with Crippen LogP contribution in [-0.4, -0.2) is 12.1 Å². The largest absolute Gasteiger partial charge is 0.273 e. The van der Waals surface area contributed by atoms with Crippen molar-refractivity contribution < 1.29 is 4.79 Å². The van der Waals surface area contributed by atoms with Crippen molar-refractivity contribution in [3.05, 3.63) is 35.4 Å². The summed E-state index contributed by atoms with van der Waals surface area (Å²) in [7, 11) is 0. The summed E-state index contributed by atoms with van der Waals surface area (Å²) in [5, 5.41) is 4.11. The van der Waals surface area contributed by atoms with Crippen molar-refractivity contribution in [3.63, 3.8) is 0 Å². The summed E-state index contributed by atoms with van der Waals surface area (Å²) in [4.78, 5) is 12.1. The fraction of sp³-hybridized carbons (Fsp3) is 0.556. The number of benzene rings is 1. The van der Waals surface area contributed by atoms with E-state index in [2.05, 4.69) is 36.5 Å². The molecule has 1 N–H and O–H groups in total. The molecule has 2 saturated carbocycles. The van der Waals surface area contributed by atoms with Crippen LogP contribution in [-0.2, 0) is 4.79 Å². The van der Waals surface area contributed by atoms with Crippen molar-refractivity contribution >= 4 is 12.1 Å². The Labute approximate surface area is 126 Å². The third-order valence-electron chi connectivity index (χ3n) is 4.95. The molecule has 3 heteroatoms. The lowest BCUT2D eigenvalue weighted by Gasteiger charge is -2.04. The molecule has 112 valence electrons. The number of carbonyl (C=O) groups is 1. The van der Waals surface area contributed by atoms with Crippen molar-refractivity contribution in [2.75, 3.05) is 0 Å². The summed E-state index contributed by atoms with van der Waals surface area (Å²) < 4.78 is 0. The third-order valence-corrected chi connectivity index (χ3v) is 4.95. The predicted molar refractivity (Wildman–Crippen MR) is 85.2 cm³/mol. The predicted octanol–water partition coefficient (Wildman–Crippen LogP) is 3.70. The van der Waals surface area contributed by atoms with Gasteiger partial charge in [0.2, 0.25) is 5.91 Å². The van der Waals surface area contributed by atoms with Crippen LogP contribution in [0.5, 0.6) is 0 Å². The van der Waals surface area contributed by atoms with Crippen molar-refractivity contribution in [2.24, 2.45) is 22.9 Å². The molecule has 0 radical (unpaired) electrons. The maximum absolute atomic E-state index is 12.1. The minimum atomic E-state index is 0.113. The standard InChI is InChI=1S/C18H24N2O/c1-12(2)14-9-7-13(8-10-14)11-19-20-18(21)17-15-5-3-4-6-16(15)17/h7-12,15-17H,3-6H2,1-2H3,(H,20,21)/b19-11-/t15-,16+,17?. The van der Waals surface area contributed by atoms with E-state index in [1.807, 2.05) is 12.1 Å². The minimum absolute atomic E-state index is 0.113. The molecule has 0 aliphatic heterocycles. The van der Waals surface area contributed by atoms with Crippen LogP contribution in [0.15, 0.2) is 29.4 Å². The lowest BCUT2D eigenvalue weighted by atomic mass is 10.0. The van der Waals surface area contributed by atoms with Crippen molar-refractivity contribution in [3.8, 4) is 0 Å². The number of hydrazone groups is 1. The molecule has 21 heavy (non-hydrogen) atoms. The van der Waals surface area contributed by atoms with E-state index in [4.69, 9.17) is 0 Å². The molecule has 0 spiro atoms. The van der Waals surface area contributed by atoms with E-state index in [0.717, 1.165) is 5.56 Å². The Morgan fingerprint density at radius 1 is 1.19 bits per heavy atom. The van der Waals surface area contributed by atoms with Gasteiger partial charge in [-0.1, -0.05) is 51.0 Å². The fourth-order valence-corrected chi connectivity index (χ4v) is 3.59. The number of nitrogens with zero attached hydrogens (tertiary/aromatic N) is 1. The van der Waals surface area contributed by atoms with E-state index < -0.39 is 0 Å². The Kier molecular flexibility index (Phi) is 4.09. The molecule has 0 saturated heterocycles. The first-order valence-electron chi connectivity index (χ1n) is 8.09. The minimum Gasteiger partial charge on any atom is -0.273 e. The van der Waals surface area contributed by atoms with Crippen LogP contribution in [0.2, 0.25) is 0 Å². The van der Waals surface area contributed by atoms with Gasteiger partial charge in [-0.3, -0.25) is 4.79 Å². The molecule has 3 nitrogen and oxygen atoms in total. The molecule has 1 amide bonds. The summed E-state index contributed by atoms with van der Waals surface area (Å²) in [6.07, 6.45) is 6.76. The molecule has 0 aromatic heterocycles. The van der Waals surface area contributed by atoms with Crippen LogP contribution in [0, 0.1) is 17.8 Å². The van der Waals surface area contributed by atoms with Crippen LogP contribution in [0.4, 0.5) is 0 Å². The van der Waals surface area contributed by atoms with Gasteiger partial charge < -0.3 is 0 Å². The quantitative estimate of drug-likeness (QED) is 0.665. The summed E-state index contributed by atoms with van der Waals surface area (Å²) in [5.74, 6) is 2.15. The number of rotatable bonds is 4. The normalized spacial score (nSPS) is 27.7. The Balaban J connectivity index is 1.51. The Hall–Kier alpha value is -1.64. The molecule has 0 heterocycles. The van der Waals surface area contributed by atoms with Crippen molar-refractivity contribution in [2.45, 2.75) is 45.4 Å². The van der Waals surface area contributed by atoms with Crippen LogP contribution in [0.3, 0.4) is 0 Å². The van der Waals surface area contributed by atoms with Gasteiger partial charge in [-0.05, 0) is 41.7 Å². The summed E-state index contributed by atoms with van der Waals surface area (Å²) in [6.45, 7) is 4.36. The van der Waals surface area contributed by atoms with Gasteiger partial charge in [0.1, 0.15) is 0 Å². The zero-order valence-corrected chi connectivity index (χ0v) is 12.9. The lowest BCUT2D eigenvalue weighted by Crippen LogP contribution is -2.20. The zero-order chi connectivity index (χ0) is 14.8. The molecule has 2 aliphatic rings. The van der Waals surface area contributed by atoms with Gasteiger partial charge in [0.25, 0.3) is 0 Å². The van der Waals surface area contributed by atoms with Gasteiger partial charge >= 0.3 is 0 Å². The zero-order valence-electron chi connectivity index (χ0n) is 12.9. The molecule has 3 rings (SSSR count). The molecule has 1 unspecified atom stereocenters. The van der Waals surface area contributed by atoms with Crippen LogP contribution < -0.4 is 5.43 Å². The average Bonchev–Trinajstić information content (AvgIpc) is 3.22. The lowest BCUT2D eigenvalue weighted by molar-refractivity contribution is -0.122. The maximum atomic E-state index is 12.1. The van der Waals surface area contributed by atoms with E-state index in [-0.39, 0.29) is 11.8 Å². The molecular formula is C18H24N2O. The molecule has 0 bridgehead atoms.